The zero-order valence-electron chi connectivity index (χ0n) is 15.8. The Balaban J connectivity index is 1.81. The van der Waals surface area contributed by atoms with Crippen LogP contribution in [0.1, 0.15) is 35.6 Å². The monoisotopic (exact) mass is 386 g/mol. The minimum atomic E-state index is -3.28. The number of nitrogens with zero attached hydrogens (tertiary/aromatic N) is 1. The minimum Gasteiger partial charge on any atom is -0.345 e. The van der Waals surface area contributed by atoms with E-state index in [1.54, 1.807) is 0 Å². The van der Waals surface area contributed by atoms with Crippen LogP contribution in [0.5, 0.6) is 0 Å². The molecule has 1 saturated heterocycles. The van der Waals surface area contributed by atoms with Crippen LogP contribution >= 0.6 is 0 Å². The number of benzene rings is 2. The number of piperidine rings is 1. The summed E-state index contributed by atoms with van der Waals surface area (Å²) >= 11 is 0. The number of sulfonamides is 1. The summed E-state index contributed by atoms with van der Waals surface area (Å²) in [4.78, 5) is 13.0. The summed E-state index contributed by atoms with van der Waals surface area (Å²) in [7, 11) is -3.28. The average Bonchev–Trinajstić information content (AvgIpc) is 2.67. The molecule has 2 aromatic rings. The summed E-state index contributed by atoms with van der Waals surface area (Å²) < 4.78 is 25.1. The summed E-state index contributed by atoms with van der Waals surface area (Å²) in [6.45, 7) is 2.77. The van der Waals surface area contributed by atoms with E-state index >= 15 is 0 Å². The molecule has 0 aromatic heterocycles. The summed E-state index contributed by atoms with van der Waals surface area (Å²) in [6.07, 6.45) is 2.60. The first-order valence-corrected chi connectivity index (χ1v) is 11.1. The molecule has 144 valence electrons. The predicted octanol–water partition coefficient (Wildman–Crippen LogP) is 2.87. The maximum Gasteiger partial charge on any atom is 0.225 e. The number of amides is 1. The first-order valence-electron chi connectivity index (χ1n) is 9.21. The second-order valence-corrected chi connectivity index (χ2v) is 9.21. The smallest absolute Gasteiger partial charge is 0.225 e. The Morgan fingerprint density at radius 2 is 1.70 bits per heavy atom. The van der Waals surface area contributed by atoms with Crippen molar-refractivity contribution < 1.29 is 13.2 Å². The van der Waals surface area contributed by atoms with Gasteiger partial charge in [-0.25, -0.2) is 12.7 Å². The Hall–Kier alpha value is -2.18. The number of carbonyl (C=O) groups is 1. The van der Waals surface area contributed by atoms with Crippen LogP contribution < -0.4 is 5.32 Å². The van der Waals surface area contributed by atoms with E-state index in [4.69, 9.17) is 0 Å². The molecule has 2 unspecified atom stereocenters. The van der Waals surface area contributed by atoms with Crippen molar-refractivity contribution >= 4 is 15.9 Å². The number of rotatable bonds is 5. The molecule has 1 fully saturated rings. The van der Waals surface area contributed by atoms with Gasteiger partial charge in [-0.05, 0) is 30.9 Å². The summed E-state index contributed by atoms with van der Waals surface area (Å²) in [5.41, 5.74) is 3.18. The van der Waals surface area contributed by atoms with Crippen molar-refractivity contribution in [2.24, 2.45) is 5.92 Å². The topological polar surface area (TPSA) is 66.5 Å². The maximum atomic E-state index is 13.0. The molecule has 2 atom stereocenters. The molecule has 5 nitrogen and oxygen atoms in total. The molecule has 0 radical (unpaired) electrons. The van der Waals surface area contributed by atoms with Crippen LogP contribution in [0.4, 0.5) is 0 Å². The molecule has 1 N–H and O–H groups in total. The van der Waals surface area contributed by atoms with Crippen molar-refractivity contribution in [2.75, 3.05) is 19.3 Å². The molecule has 0 bridgehead atoms. The molecule has 0 aliphatic carbocycles. The van der Waals surface area contributed by atoms with Gasteiger partial charge >= 0.3 is 0 Å². The third-order valence-corrected chi connectivity index (χ3v) is 6.32. The first-order chi connectivity index (χ1) is 12.8. The molecule has 0 spiro atoms. The van der Waals surface area contributed by atoms with Gasteiger partial charge in [-0.1, -0.05) is 60.2 Å². The molecular weight excluding hydrogens is 360 g/mol. The quantitative estimate of drug-likeness (QED) is 0.859. The second kappa shape index (κ2) is 8.23. The highest BCUT2D eigenvalue weighted by Gasteiger charge is 2.31. The van der Waals surface area contributed by atoms with E-state index in [0.717, 1.165) is 16.7 Å². The van der Waals surface area contributed by atoms with Crippen LogP contribution in [-0.4, -0.2) is 38.0 Å². The number of hydrogen-bond donors (Lipinski definition) is 1. The van der Waals surface area contributed by atoms with Crippen molar-refractivity contribution in [1.29, 1.82) is 0 Å². The number of nitrogens with one attached hydrogen (secondary N) is 1. The Kier molecular flexibility index (Phi) is 5.97. The van der Waals surface area contributed by atoms with E-state index in [9.17, 15) is 13.2 Å². The van der Waals surface area contributed by atoms with Crippen LogP contribution in [0, 0.1) is 12.8 Å². The average molecular weight is 387 g/mol. The molecule has 1 amide bonds. The summed E-state index contributed by atoms with van der Waals surface area (Å²) in [5, 5.41) is 3.15. The Morgan fingerprint density at radius 1 is 1.07 bits per heavy atom. The molecule has 27 heavy (non-hydrogen) atoms. The predicted molar refractivity (Wildman–Crippen MR) is 107 cm³/mol. The fourth-order valence-electron chi connectivity index (χ4n) is 3.48. The van der Waals surface area contributed by atoms with Crippen LogP contribution in [0.2, 0.25) is 0 Å². The molecule has 1 aliphatic rings. The van der Waals surface area contributed by atoms with Crippen LogP contribution in [0.25, 0.3) is 0 Å². The first kappa shape index (κ1) is 19.6. The lowest BCUT2D eigenvalue weighted by Gasteiger charge is -2.31. The highest BCUT2D eigenvalue weighted by molar-refractivity contribution is 7.88. The maximum absolute atomic E-state index is 13.0. The summed E-state index contributed by atoms with van der Waals surface area (Å²) in [5.74, 6) is -0.428. The highest BCUT2D eigenvalue weighted by Crippen LogP contribution is 2.25. The van der Waals surface area contributed by atoms with E-state index in [2.05, 4.69) is 5.32 Å². The number of carbonyl (C=O) groups excluding carboxylic acids is 1. The van der Waals surface area contributed by atoms with Crippen molar-refractivity contribution in [3.8, 4) is 0 Å². The summed E-state index contributed by atoms with van der Waals surface area (Å²) in [6, 6.07) is 17.7. The van der Waals surface area contributed by atoms with Gasteiger partial charge in [-0.15, -0.1) is 0 Å². The lowest BCUT2D eigenvalue weighted by molar-refractivity contribution is -0.126. The van der Waals surface area contributed by atoms with Crippen molar-refractivity contribution in [3.05, 3.63) is 71.3 Å². The lowest BCUT2D eigenvalue weighted by atomic mass is 9.94. The van der Waals surface area contributed by atoms with E-state index in [-0.39, 0.29) is 24.4 Å². The zero-order chi connectivity index (χ0) is 19.4. The van der Waals surface area contributed by atoms with Gasteiger partial charge in [0.2, 0.25) is 15.9 Å². The van der Waals surface area contributed by atoms with E-state index in [1.807, 2.05) is 61.5 Å². The van der Waals surface area contributed by atoms with Gasteiger partial charge in [0.25, 0.3) is 0 Å². The van der Waals surface area contributed by atoms with Gasteiger partial charge in [0.15, 0.2) is 0 Å². The van der Waals surface area contributed by atoms with Gasteiger partial charge in [0.05, 0.1) is 18.2 Å². The Morgan fingerprint density at radius 3 is 2.33 bits per heavy atom. The molecule has 6 heteroatoms. The zero-order valence-corrected chi connectivity index (χ0v) is 16.6. The van der Waals surface area contributed by atoms with E-state index < -0.39 is 10.0 Å². The third kappa shape index (κ3) is 4.96. The lowest BCUT2D eigenvalue weighted by Crippen LogP contribution is -2.45. The normalized spacial score (nSPS) is 19.4. The standard InChI is InChI=1S/C21H26N2O3S/c1-16-10-12-18(13-11-16)20(17-7-4-3-5-8-17)22-21(24)19-9-6-14-23(15-19)27(2,25)26/h3-5,7-8,10-13,19-20H,6,9,14-15H2,1-2H3,(H,22,24). The molecule has 2 aromatic carbocycles. The Bertz CT molecular complexity index is 879. The van der Waals surface area contributed by atoms with E-state index in [1.165, 1.54) is 10.6 Å². The van der Waals surface area contributed by atoms with Gasteiger partial charge in [-0.2, -0.15) is 0 Å². The van der Waals surface area contributed by atoms with Gasteiger partial charge in [0, 0.05) is 13.1 Å². The molecule has 3 rings (SSSR count). The third-order valence-electron chi connectivity index (χ3n) is 5.05. The Labute approximate surface area is 161 Å². The SMILES string of the molecule is Cc1ccc(C(NC(=O)C2CCCN(S(C)(=O)=O)C2)c2ccccc2)cc1. The molecule has 1 aliphatic heterocycles. The second-order valence-electron chi connectivity index (χ2n) is 7.22. The van der Waals surface area contributed by atoms with Crippen LogP contribution in [0.3, 0.4) is 0 Å². The largest absolute Gasteiger partial charge is 0.345 e. The molecule has 1 heterocycles. The number of hydrogen-bond acceptors (Lipinski definition) is 3. The van der Waals surface area contributed by atoms with Crippen molar-refractivity contribution in [3.63, 3.8) is 0 Å². The van der Waals surface area contributed by atoms with E-state index in [0.29, 0.717) is 19.4 Å². The van der Waals surface area contributed by atoms with Gasteiger partial charge in [0.1, 0.15) is 0 Å². The minimum absolute atomic E-state index is 0.0993. The molecular formula is C21H26N2O3S. The van der Waals surface area contributed by atoms with Gasteiger partial charge < -0.3 is 5.32 Å². The van der Waals surface area contributed by atoms with Crippen molar-refractivity contribution in [1.82, 2.24) is 9.62 Å². The molecule has 0 saturated carbocycles. The van der Waals surface area contributed by atoms with Crippen molar-refractivity contribution in [2.45, 2.75) is 25.8 Å². The fourth-order valence-corrected chi connectivity index (χ4v) is 4.39. The van der Waals surface area contributed by atoms with Crippen LogP contribution in [-0.2, 0) is 14.8 Å². The number of aryl methyl sites for hydroxylation is 1. The van der Waals surface area contributed by atoms with Gasteiger partial charge in [-0.3, -0.25) is 4.79 Å². The van der Waals surface area contributed by atoms with Crippen LogP contribution in [0.15, 0.2) is 54.6 Å². The highest BCUT2D eigenvalue weighted by atomic mass is 32.2. The fraction of sp³-hybridized carbons (Fsp3) is 0.381.